The van der Waals surface area contributed by atoms with Crippen LogP contribution in [0.15, 0.2) is 41.1 Å². The maximum Gasteiger partial charge on any atom is 0.321 e. The highest BCUT2D eigenvalue weighted by Gasteiger charge is 2.08. The van der Waals surface area contributed by atoms with Gasteiger partial charge in [0.1, 0.15) is 0 Å². The lowest BCUT2D eigenvalue weighted by Crippen LogP contribution is -2.07. The van der Waals surface area contributed by atoms with Crippen molar-refractivity contribution < 1.29 is 9.26 Å². The molecule has 1 aromatic carbocycles. The second-order valence-electron chi connectivity index (χ2n) is 4.25. The van der Waals surface area contributed by atoms with Crippen LogP contribution < -0.4 is 5.32 Å². The van der Waals surface area contributed by atoms with Gasteiger partial charge in [-0.25, -0.2) is 0 Å². The lowest BCUT2D eigenvalue weighted by molar-refractivity contribution is 0.210. The molecule has 0 unspecified atom stereocenters. The van der Waals surface area contributed by atoms with Crippen molar-refractivity contribution in [1.82, 2.24) is 15.1 Å². The quantitative estimate of drug-likeness (QED) is 0.717. The minimum Gasteiger partial charge on any atom is -0.383 e. The monoisotopic (exact) mass is 270 g/mol. The number of anilines is 1. The van der Waals surface area contributed by atoms with E-state index < -0.39 is 0 Å². The van der Waals surface area contributed by atoms with Crippen molar-refractivity contribution in [3.63, 3.8) is 0 Å². The van der Waals surface area contributed by atoms with Crippen LogP contribution in [-0.4, -0.2) is 35.4 Å². The van der Waals surface area contributed by atoms with Crippen molar-refractivity contribution in [3.05, 3.63) is 36.5 Å². The molecule has 0 aliphatic carbocycles. The summed E-state index contributed by atoms with van der Waals surface area (Å²) in [7, 11) is 1.64. The van der Waals surface area contributed by atoms with Gasteiger partial charge in [0.25, 0.3) is 0 Å². The normalized spacial score (nSPS) is 10.8. The van der Waals surface area contributed by atoms with Crippen molar-refractivity contribution in [2.45, 2.75) is 0 Å². The number of hydrogen-bond donors (Lipinski definition) is 1. The van der Waals surface area contributed by atoms with Gasteiger partial charge in [0.2, 0.25) is 5.82 Å². The van der Waals surface area contributed by atoms with Crippen LogP contribution >= 0.6 is 0 Å². The standard InChI is InChI=1S/C14H14N4O2/c1-19-8-7-16-14-17-13(18-20-14)11-4-5-12-10(9-11)3-2-6-15-12/h2-6,9H,7-8H2,1H3,(H,16,17,18). The smallest absolute Gasteiger partial charge is 0.321 e. The van der Waals surface area contributed by atoms with E-state index in [1.54, 1.807) is 13.3 Å². The molecule has 1 N–H and O–H groups in total. The molecule has 0 amide bonds. The number of nitrogens with one attached hydrogen (secondary N) is 1. The summed E-state index contributed by atoms with van der Waals surface area (Å²) < 4.78 is 10.1. The molecule has 0 radical (unpaired) electrons. The molecule has 0 aliphatic heterocycles. The van der Waals surface area contributed by atoms with Gasteiger partial charge in [-0.05, 0) is 24.3 Å². The zero-order valence-electron chi connectivity index (χ0n) is 11.0. The van der Waals surface area contributed by atoms with Crippen molar-refractivity contribution in [3.8, 4) is 11.4 Å². The molecule has 20 heavy (non-hydrogen) atoms. The Bertz CT molecular complexity index is 711. The fourth-order valence-corrected chi connectivity index (χ4v) is 1.89. The second kappa shape index (κ2) is 5.66. The van der Waals surface area contributed by atoms with E-state index in [0.29, 0.717) is 25.0 Å². The zero-order valence-corrected chi connectivity index (χ0v) is 11.0. The molecule has 3 rings (SSSR count). The zero-order chi connectivity index (χ0) is 13.8. The fourth-order valence-electron chi connectivity index (χ4n) is 1.89. The highest BCUT2D eigenvalue weighted by Crippen LogP contribution is 2.22. The lowest BCUT2D eigenvalue weighted by Gasteiger charge is -1.99. The third-order valence-electron chi connectivity index (χ3n) is 2.87. The van der Waals surface area contributed by atoms with Gasteiger partial charge in [-0.3, -0.25) is 4.98 Å². The first-order valence-electron chi connectivity index (χ1n) is 6.28. The maximum atomic E-state index is 5.13. The first-order chi connectivity index (χ1) is 9.86. The molecule has 6 nitrogen and oxygen atoms in total. The Morgan fingerprint density at radius 1 is 1.30 bits per heavy atom. The molecule has 2 aromatic heterocycles. The number of rotatable bonds is 5. The number of nitrogens with zero attached hydrogens (tertiary/aromatic N) is 3. The first-order valence-corrected chi connectivity index (χ1v) is 6.28. The molecule has 0 spiro atoms. The molecule has 0 bridgehead atoms. The van der Waals surface area contributed by atoms with Crippen LogP contribution in [0.4, 0.5) is 6.01 Å². The lowest BCUT2D eigenvalue weighted by atomic mass is 10.1. The van der Waals surface area contributed by atoms with Crippen molar-refractivity contribution in [2.24, 2.45) is 0 Å². The Morgan fingerprint density at radius 2 is 2.25 bits per heavy atom. The van der Waals surface area contributed by atoms with E-state index in [0.717, 1.165) is 16.5 Å². The Balaban J connectivity index is 1.83. The third-order valence-corrected chi connectivity index (χ3v) is 2.87. The van der Waals surface area contributed by atoms with Crippen LogP contribution in [0.3, 0.4) is 0 Å². The summed E-state index contributed by atoms with van der Waals surface area (Å²) in [5.41, 5.74) is 1.84. The minimum absolute atomic E-state index is 0.392. The number of ether oxygens (including phenoxy) is 1. The van der Waals surface area contributed by atoms with Gasteiger partial charge in [-0.1, -0.05) is 11.2 Å². The van der Waals surface area contributed by atoms with Crippen molar-refractivity contribution >= 4 is 16.9 Å². The number of methoxy groups -OCH3 is 1. The van der Waals surface area contributed by atoms with Gasteiger partial charge in [-0.15, -0.1) is 0 Å². The highest BCUT2D eigenvalue weighted by atomic mass is 16.5. The Hall–Kier alpha value is -2.47. The summed E-state index contributed by atoms with van der Waals surface area (Å²) >= 11 is 0. The van der Waals surface area contributed by atoms with E-state index in [9.17, 15) is 0 Å². The molecule has 0 fully saturated rings. The Labute approximate surface area is 115 Å². The van der Waals surface area contributed by atoms with Crippen LogP contribution in [0.2, 0.25) is 0 Å². The largest absolute Gasteiger partial charge is 0.383 e. The van der Waals surface area contributed by atoms with Crippen molar-refractivity contribution in [2.75, 3.05) is 25.6 Å². The third kappa shape index (κ3) is 2.60. The molecule has 2 heterocycles. The van der Waals surface area contributed by atoms with Crippen LogP contribution in [0.1, 0.15) is 0 Å². The molecular weight excluding hydrogens is 256 g/mol. The molecule has 0 saturated carbocycles. The summed E-state index contributed by atoms with van der Waals surface area (Å²) in [6, 6.07) is 10.2. The average molecular weight is 270 g/mol. The number of pyridine rings is 1. The molecule has 0 aliphatic rings. The summed E-state index contributed by atoms with van der Waals surface area (Å²) in [5, 5.41) is 8.00. The summed E-state index contributed by atoms with van der Waals surface area (Å²) in [4.78, 5) is 8.57. The van der Waals surface area contributed by atoms with E-state index in [1.807, 2.05) is 30.3 Å². The van der Waals surface area contributed by atoms with Gasteiger partial charge in [0.05, 0.1) is 12.1 Å². The van der Waals surface area contributed by atoms with E-state index >= 15 is 0 Å². The van der Waals surface area contributed by atoms with Crippen LogP contribution in [0.25, 0.3) is 22.3 Å². The molecule has 3 aromatic rings. The molecule has 0 saturated heterocycles. The van der Waals surface area contributed by atoms with Gasteiger partial charge < -0.3 is 14.6 Å². The minimum atomic E-state index is 0.392. The van der Waals surface area contributed by atoms with Gasteiger partial charge in [0, 0.05) is 30.8 Å². The highest BCUT2D eigenvalue weighted by molar-refractivity contribution is 5.83. The van der Waals surface area contributed by atoms with Crippen LogP contribution in [0.5, 0.6) is 0 Å². The van der Waals surface area contributed by atoms with Gasteiger partial charge >= 0.3 is 6.01 Å². The molecule has 0 atom stereocenters. The maximum absolute atomic E-state index is 5.13. The van der Waals surface area contributed by atoms with Gasteiger partial charge in [0.15, 0.2) is 0 Å². The van der Waals surface area contributed by atoms with E-state index in [-0.39, 0.29) is 0 Å². The van der Waals surface area contributed by atoms with E-state index in [2.05, 4.69) is 20.4 Å². The topological polar surface area (TPSA) is 73.1 Å². The summed E-state index contributed by atoms with van der Waals surface area (Å²) in [6.45, 7) is 1.21. The summed E-state index contributed by atoms with van der Waals surface area (Å²) in [5.74, 6) is 0.552. The Kier molecular flexibility index (Phi) is 3.56. The predicted molar refractivity (Wildman–Crippen MR) is 75.4 cm³/mol. The first kappa shape index (κ1) is 12.6. The molecule has 102 valence electrons. The molecular formula is C14H14N4O2. The average Bonchev–Trinajstić information content (AvgIpc) is 2.96. The number of aromatic nitrogens is 3. The van der Waals surface area contributed by atoms with Gasteiger partial charge in [-0.2, -0.15) is 4.98 Å². The van der Waals surface area contributed by atoms with Crippen LogP contribution in [-0.2, 0) is 4.74 Å². The predicted octanol–water partition coefficient (Wildman–Crippen LogP) is 2.34. The van der Waals surface area contributed by atoms with E-state index in [4.69, 9.17) is 9.26 Å². The van der Waals surface area contributed by atoms with Crippen LogP contribution in [0, 0.1) is 0 Å². The number of fused-ring (bicyclic) bond motifs is 1. The number of benzene rings is 1. The molecule has 6 heteroatoms. The van der Waals surface area contributed by atoms with Crippen molar-refractivity contribution in [1.29, 1.82) is 0 Å². The SMILES string of the molecule is COCCNc1nc(-c2ccc3ncccc3c2)no1. The number of hydrogen-bond acceptors (Lipinski definition) is 6. The van der Waals surface area contributed by atoms with E-state index in [1.165, 1.54) is 0 Å². The fraction of sp³-hybridized carbons (Fsp3) is 0.214. The summed E-state index contributed by atoms with van der Waals surface area (Å²) in [6.07, 6.45) is 1.77. The Morgan fingerprint density at radius 3 is 3.15 bits per heavy atom. The second-order valence-corrected chi connectivity index (χ2v) is 4.25.